The first-order valence-electron chi connectivity index (χ1n) is 8.74. The quantitative estimate of drug-likeness (QED) is 0.490. The largest absolute Gasteiger partial charge is 0.507 e. The zero-order chi connectivity index (χ0) is 20.4. The minimum absolute atomic E-state index is 0.0632. The van der Waals surface area contributed by atoms with Gasteiger partial charge >= 0.3 is 0 Å². The van der Waals surface area contributed by atoms with Gasteiger partial charge in [-0.25, -0.2) is 16.8 Å². The highest BCUT2D eigenvalue weighted by molar-refractivity contribution is 7.92. The molecular formula is C20H18O6S2. The van der Waals surface area contributed by atoms with E-state index in [0.29, 0.717) is 32.3 Å². The van der Waals surface area contributed by atoms with Crippen molar-refractivity contribution >= 4 is 52.0 Å². The van der Waals surface area contributed by atoms with E-state index >= 15 is 0 Å². The van der Waals surface area contributed by atoms with Crippen molar-refractivity contribution in [1.29, 1.82) is 0 Å². The molecule has 0 aromatic heterocycles. The zero-order valence-electron chi connectivity index (χ0n) is 15.2. The molecule has 28 heavy (non-hydrogen) atoms. The Morgan fingerprint density at radius 3 is 1.39 bits per heavy atom. The summed E-state index contributed by atoms with van der Waals surface area (Å²) in [6, 6.07) is 8.77. The molecule has 0 radical (unpaired) electrons. The van der Waals surface area contributed by atoms with E-state index in [9.17, 15) is 27.0 Å². The first kappa shape index (κ1) is 18.8. The minimum Gasteiger partial charge on any atom is -0.507 e. The Bertz CT molecular complexity index is 1360. The van der Waals surface area contributed by atoms with E-state index in [1.807, 2.05) is 0 Å². The third-order valence-corrected chi connectivity index (χ3v) is 8.75. The molecule has 146 valence electrons. The van der Waals surface area contributed by atoms with Crippen LogP contribution in [0.25, 0.3) is 32.3 Å². The van der Waals surface area contributed by atoms with Gasteiger partial charge in [0.05, 0.1) is 21.3 Å². The number of benzene rings is 4. The van der Waals surface area contributed by atoms with Gasteiger partial charge in [-0.05, 0) is 18.2 Å². The van der Waals surface area contributed by atoms with Crippen LogP contribution in [0, 0.1) is 0 Å². The van der Waals surface area contributed by atoms with Crippen molar-refractivity contribution in [2.45, 2.75) is 23.6 Å². The maximum absolute atomic E-state index is 12.8. The Balaban J connectivity index is 2.41. The average molecular weight is 418 g/mol. The van der Waals surface area contributed by atoms with Crippen molar-refractivity contribution in [3.8, 4) is 11.5 Å². The van der Waals surface area contributed by atoms with Gasteiger partial charge in [0, 0.05) is 38.4 Å². The van der Waals surface area contributed by atoms with Crippen LogP contribution in [0.2, 0.25) is 0 Å². The number of phenolic OH excluding ortho intramolecular Hbond substituents is 2. The summed E-state index contributed by atoms with van der Waals surface area (Å²) in [5.41, 5.74) is 0. The first-order valence-corrected chi connectivity index (χ1v) is 12.0. The molecule has 0 unspecified atom stereocenters. The lowest BCUT2D eigenvalue weighted by Crippen LogP contribution is -2.10. The van der Waals surface area contributed by atoms with Crippen LogP contribution in [0.15, 0.2) is 46.2 Å². The zero-order valence-corrected chi connectivity index (χ0v) is 16.9. The molecule has 4 rings (SSSR count). The lowest BCUT2D eigenvalue weighted by molar-refractivity contribution is 0.458. The minimum atomic E-state index is -3.72. The molecule has 4 aromatic carbocycles. The molecule has 0 saturated heterocycles. The van der Waals surface area contributed by atoms with Crippen molar-refractivity contribution in [3.05, 3.63) is 36.4 Å². The molecule has 0 aliphatic heterocycles. The van der Waals surface area contributed by atoms with Crippen LogP contribution >= 0.6 is 0 Å². The fourth-order valence-corrected chi connectivity index (χ4v) is 6.02. The van der Waals surface area contributed by atoms with Gasteiger partial charge < -0.3 is 10.2 Å². The molecule has 6 nitrogen and oxygen atoms in total. The Hall–Kier alpha value is -2.58. The molecule has 0 heterocycles. The Kier molecular flexibility index (Phi) is 3.99. The van der Waals surface area contributed by atoms with E-state index < -0.39 is 19.7 Å². The molecule has 0 saturated carbocycles. The van der Waals surface area contributed by atoms with Crippen LogP contribution in [-0.2, 0) is 19.7 Å². The molecule has 0 aliphatic carbocycles. The predicted octanol–water partition coefficient (Wildman–Crippen LogP) is 3.58. The molecule has 0 fully saturated rings. The number of sulfone groups is 2. The topological polar surface area (TPSA) is 109 Å². The van der Waals surface area contributed by atoms with E-state index in [-0.39, 0.29) is 32.8 Å². The fraction of sp³-hybridized carbons (Fsp3) is 0.200. The smallest absolute Gasteiger partial charge is 0.178 e. The summed E-state index contributed by atoms with van der Waals surface area (Å²) in [6.45, 7) is 3.00. The molecular weight excluding hydrogens is 400 g/mol. The van der Waals surface area contributed by atoms with Gasteiger partial charge in [0.2, 0.25) is 0 Å². The third-order valence-electron chi connectivity index (χ3n) is 5.21. The van der Waals surface area contributed by atoms with Crippen molar-refractivity contribution in [1.82, 2.24) is 0 Å². The first-order chi connectivity index (χ1) is 13.1. The normalized spacial score (nSPS) is 13.1. The van der Waals surface area contributed by atoms with Crippen LogP contribution in [0.1, 0.15) is 13.8 Å². The molecule has 0 atom stereocenters. The second-order valence-corrected chi connectivity index (χ2v) is 11.2. The Morgan fingerprint density at radius 1 is 0.643 bits per heavy atom. The monoisotopic (exact) mass is 418 g/mol. The summed E-state index contributed by atoms with van der Waals surface area (Å²) in [7, 11) is -7.45. The molecule has 4 aromatic rings. The molecule has 0 aliphatic rings. The standard InChI is InChI=1S/C20H18O6S2/c1-3-27(23,24)17-10-18(28(25,26)4-2)14-8-6-12-16(22)9-15(21)11-5-7-13(17)20(14)19(11)12/h5-10,21-22H,3-4H2,1-2H3. The summed E-state index contributed by atoms with van der Waals surface area (Å²) in [5, 5.41) is 23.0. The summed E-state index contributed by atoms with van der Waals surface area (Å²) in [5.74, 6) is -0.691. The molecule has 2 N–H and O–H groups in total. The maximum Gasteiger partial charge on any atom is 0.178 e. The Morgan fingerprint density at radius 2 is 1.00 bits per heavy atom. The van der Waals surface area contributed by atoms with Crippen molar-refractivity contribution < 1.29 is 27.0 Å². The van der Waals surface area contributed by atoms with Crippen molar-refractivity contribution in [3.63, 3.8) is 0 Å². The summed E-state index contributed by atoms with van der Waals surface area (Å²) >= 11 is 0. The van der Waals surface area contributed by atoms with E-state index in [0.717, 1.165) is 0 Å². The molecule has 0 spiro atoms. The van der Waals surface area contributed by atoms with Gasteiger partial charge in [0.25, 0.3) is 0 Å². The highest BCUT2D eigenvalue weighted by Crippen LogP contribution is 2.45. The third kappa shape index (κ3) is 2.44. The van der Waals surface area contributed by atoms with Crippen LogP contribution in [-0.4, -0.2) is 38.6 Å². The Labute approximate surface area is 162 Å². The number of aromatic hydroxyl groups is 2. The summed E-state index contributed by atoms with van der Waals surface area (Å²) in [6.07, 6.45) is 0. The number of hydrogen-bond donors (Lipinski definition) is 2. The SMILES string of the molecule is CCS(=O)(=O)c1cc(S(=O)(=O)CC)c2ccc3c(O)cc(O)c4ccc1c2c43. The van der Waals surface area contributed by atoms with Gasteiger partial charge in [-0.3, -0.25) is 0 Å². The second-order valence-electron chi connectivity index (χ2n) is 6.67. The van der Waals surface area contributed by atoms with Crippen LogP contribution < -0.4 is 0 Å². The predicted molar refractivity (Wildman–Crippen MR) is 109 cm³/mol. The van der Waals surface area contributed by atoms with Gasteiger partial charge in [-0.15, -0.1) is 0 Å². The van der Waals surface area contributed by atoms with Crippen LogP contribution in [0.3, 0.4) is 0 Å². The van der Waals surface area contributed by atoms with Crippen molar-refractivity contribution in [2.75, 3.05) is 11.5 Å². The molecule has 8 heteroatoms. The van der Waals surface area contributed by atoms with Crippen LogP contribution in [0.5, 0.6) is 11.5 Å². The van der Waals surface area contributed by atoms with E-state index in [1.165, 1.54) is 26.0 Å². The number of rotatable bonds is 4. The highest BCUT2D eigenvalue weighted by Gasteiger charge is 2.26. The molecule has 0 amide bonds. The van der Waals surface area contributed by atoms with Gasteiger partial charge in [-0.1, -0.05) is 26.0 Å². The van der Waals surface area contributed by atoms with Gasteiger partial charge in [-0.2, -0.15) is 0 Å². The second kappa shape index (κ2) is 5.96. The maximum atomic E-state index is 12.8. The summed E-state index contributed by atoms with van der Waals surface area (Å²) in [4.78, 5) is -0.126. The van der Waals surface area contributed by atoms with E-state index in [1.54, 1.807) is 24.3 Å². The van der Waals surface area contributed by atoms with Crippen LogP contribution in [0.4, 0.5) is 0 Å². The molecule has 0 bridgehead atoms. The van der Waals surface area contributed by atoms with Gasteiger partial charge in [0.1, 0.15) is 11.5 Å². The van der Waals surface area contributed by atoms with Crippen molar-refractivity contribution in [2.24, 2.45) is 0 Å². The lowest BCUT2D eigenvalue weighted by atomic mass is 9.93. The number of hydrogen-bond acceptors (Lipinski definition) is 6. The highest BCUT2D eigenvalue weighted by atomic mass is 32.2. The number of phenols is 2. The average Bonchev–Trinajstić information content (AvgIpc) is 2.67. The van der Waals surface area contributed by atoms with E-state index in [4.69, 9.17) is 0 Å². The van der Waals surface area contributed by atoms with Gasteiger partial charge in [0.15, 0.2) is 19.7 Å². The van der Waals surface area contributed by atoms with E-state index in [2.05, 4.69) is 0 Å². The fourth-order valence-electron chi connectivity index (χ4n) is 3.72. The lowest BCUT2D eigenvalue weighted by Gasteiger charge is -2.18. The summed E-state index contributed by atoms with van der Waals surface area (Å²) < 4.78 is 51.0.